The number of carbonyl (C=O) groups excluding carboxylic acids is 1. The lowest BCUT2D eigenvalue weighted by atomic mass is 10.1. The fourth-order valence-electron chi connectivity index (χ4n) is 1.68. The number of aromatic nitrogens is 3. The molecular formula is C13H14FN3O2. The molecule has 0 fully saturated rings. The molecule has 0 saturated heterocycles. The van der Waals surface area contributed by atoms with Crippen molar-refractivity contribution in [1.82, 2.24) is 15.2 Å². The SMILES string of the molecule is CCOC(=O)c1nnc(Cc2ccc(F)c(C)c2)[nH]1. The van der Waals surface area contributed by atoms with Crippen molar-refractivity contribution in [2.75, 3.05) is 6.61 Å². The Hall–Kier alpha value is -2.24. The molecule has 0 bridgehead atoms. The number of nitrogens with one attached hydrogen (secondary N) is 1. The van der Waals surface area contributed by atoms with Crippen LogP contribution in [0.25, 0.3) is 0 Å². The highest BCUT2D eigenvalue weighted by molar-refractivity contribution is 5.84. The molecular weight excluding hydrogens is 249 g/mol. The standard InChI is InChI=1S/C13H14FN3O2/c1-3-19-13(18)12-15-11(16-17-12)7-9-4-5-10(14)8(2)6-9/h4-6H,3,7H2,1-2H3,(H,15,16,17). The second-order valence-electron chi connectivity index (χ2n) is 4.10. The normalized spacial score (nSPS) is 10.5. The van der Waals surface area contributed by atoms with Gasteiger partial charge in [-0.3, -0.25) is 0 Å². The van der Waals surface area contributed by atoms with Gasteiger partial charge in [0.2, 0.25) is 5.82 Å². The van der Waals surface area contributed by atoms with Gasteiger partial charge in [0, 0.05) is 6.42 Å². The van der Waals surface area contributed by atoms with Crippen molar-refractivity contribution in [1.29, 1.82) is 0 Å². The summed E-state index contributed by atoms with van der Waals surface area (Å²) in [6.07, 6.45) is 0.452. The Bertz CT molecular complexity index is 595. The number of hydrogen-bond donors (Lipinski definition) is 1. The van der Waals surface area contributed by atoms with E-state index < -0.39 is 5.97 Å². The number of ether oxygens (including phenoxy) is 1. The molecule has 0 radical (unpaired) electrons. The average Bonchev–Trinajstić information content (AvgIpc) is 2.83. The molecule has 0 aliphatic carbocycles. The van der Waals surface area contributed by atoms with Crippen molar-refractivity contribution in [2.45, 2.75) is 20.3 Å². The predicted molar refractivity (Wildman–Crippen MR) is 66.3 cm³/mol. The Labute approximate surface area is 109 Å². The van der Waals surface area contributed by atoms with E-state index in [-0.39, 0.29) is 18.2 Å². The van der Waals surface area contributed by atoms with E-state index in [9.17, 15) is 9.18 Å². The monoisotopic (exact) mass is 263 g/mol. The van der Waals surface area contributed by atoms with Gasteiger partial charge in [-0.2, -0.15) is 0 Å². The van der Waals surface area contributed by atoms with Crippen LogP contribution in [0.15, 0.2) is 18.2 Å². The number of benzene rings is 1. The Morgan fingerprint density at radius 3 is 2.89 bits per heavy atom. The second kappa shape index (κ2) is 5.60. The number of esters is 1. The number of rotatable bonds is 4. The van der Waals surface area contributed by atoms with Crippen molar-refractivity contribution in [3.05, 3.63) is 46.8 Å². The van der Waals surface area contributed by atoms with Gasteiger partial charge in [0.15, 0.2) is 0 Å². The molecule has 0 aliphatic rings. The van der Waals surface area contributed by atoms with Crippen LogP contribution in [-0.2, 0) is 11.2 Å². The van der Waals surface area contributed by atoms with Crippen LogP contribution in [0, 0.1) is 12.7 Å². The summed E-state index contributed by atoms with van der Waals surface area (Å²) in [7, 11) is 0. The van der Waals surface area contributed by atoms with E-state index >= 15 is 0 Å². The maximum atomic E-state index is 13.1. The summed E-state index contributed by atoms with van der Waals surface area (Å²) >= 11 is 0. The largest absolute Gasteiger partial charge is 0.460 e. The summed E-state index contributed by atoms with van der Waals surface area (Å²) in [6.45, 7) is 3.70. The molecule has 2 rings (SSSR count). The number of carbonyl (C=O) groups is 1. The Morgan fingerprint density at radius 2 is 2.21 bits per heavy atom. The molecule has 19 heavy (non-hydrogen) atoms. The third-order valence-electron chi connectivity index (χ3n) is 2.60. The average molecular weight is 263 g/mol. The number of hydrogen-bond acceptors (Lipinski definition) is 4. The molecule has 1 N–H and O–H groups in total. The molecule has 1 aromatic carbocycles. The van der Waals surface area contributed by atoms with Crippen LogP contribution in [0.4, 0.5) is 4.39 Å². The zero-order chi connectivity index (χ0) is 13.8. The Balaban J connectivity index is 2.11. The third kappa shape index (κ3) is 3.15. The maximum absolute atomic E-state index is 13.1. The topological polar surface area (TPSA) is 67.9 Å². The number of nitrogens with zero attached hydrogens (tertiary/aromatic N) is 2. The number of aryl methyl sites for hydroxylation is 1. The van der Waals surface area contributed by atoms with Gasteiger partial charge in [0.1, 0.15) is 11.6 Å². The van der Waals surface area contributed by atoms with Crippen molar-refractivity contribution in [3.63, 3.8) is 0 Å². The number of halogens is 1. The van der Waals surface area contributed by atoms with Crippen molar-refractivity contribution >= 4 is 5.97 Å². The summed E-state index contributed by atoms with van der Waals surface area (Å²) in [5.41, 5.74) is 1.47. The van der Waals surface area contributed by atoms with Gasteiger partial charge in [-0.1, -0.05) is 12.1 Å². The van der Waals surface area contributed by atoms with Gasteiger partial charge in [-0.15, -0.1) is 10.2 Å². The minimum atomic E-state index is -0.531. The summed E-state index contributed by atoms with van der Waals surface area (Å²) in [4.78, 5) is 14.2. The molecule has 0 saturated carbocycles. The minimum Gasteiger partial charge on any atom is -0.460 e. The molecule has 0 atom stereocenters. The molecule has 5 nitrogen and oxygen atoms in total. The van der Waals surface area contributed by atoms with Gasteiger partial charge < -0.3 is 9.72 Å². The quantitative estimate of drug-likeness (QED) is 0.857. The van der Waals surface area contributed by atoms with Crippen LogP contribution in [0.2, 0.25) is 0 Å². The maximum Gasteiger partial charge on any atom is 0.376 e. The van der Waals surface area contributed by atoms with E-state index in [1.807, 2.05) is 0 Å². The fourth-order valence-corrected chi connectivity index (χ4v) is 1.68. The van der Waals surface area contributed by atoms with Gasteiger partial charge in [0.25, 0.3) is 0 Å². The highest BCUT2D eigenvalue weighted by atomic mass is 19.1. The van der Waals surface area contributed by atoms with Gasteiger partial charge in [-0.05, 0) is 31.0 Å². The summed E-state index contributed by atoms with van der Waals surface area (Å²) < 4.78 is 17.9. The lowest BCUT2D eigenvalue weighted by Crippen LogP contribution is -2.06. The van der Waals surface area contributed by atoms with Gasteiger partial charge >= 0.3 is 5.97 Å². The molecule has 1 aromatic heterocycles. The third-order valence-corrected chi connectivity index (χ3v) is 2.60. The van der Waals surface area contributed by atoms with Crippen LogP contribution in [-0.4, -0.2) is 27.8 Å². The summed E-state index contributed by atoms with van der Waals surface area (Å²) in [6, 6.07) is 4.82. The van der Waals surface area contributed by atoms with Gasteiger partial charge in [0.05, 0.1) is 6.61 Å². The Kier molecular flexibility index (Phi) is 3.89. The second-order valence-corrected chi connectivity index (χ2v) is 4.10. The first kappa shape index (κ1) is 13.2. The molecule has 0 aliphatic heterocycles. The molecule has 1 heterocycles. The zero-order valence-corrected chi connectivity index (χ0v) is 10.7. The lowest BCUT2D eigenvalue weighted by Gasteiger charge is -2.01. The van der Waals surface area contributed by atoms with Crippen molar-refractivity contribution in [2.24, 2.45) is 0 Å². The van der Waals surface area contributed by atoms with Crippen LogP contribution in [0.3, 0.4) is 0 Å². The van der Waals surface area contributed by atoms with E-state index in [1.54, 1.807) is 26.0 Å². The van der Waals surface area contributed by atoms with E-state index in [0.29, 0.717) is 17.8 Å². The van der Waals surface area contributed by atoms with Gasteiger partial charge in [-0.25, -0.2) is 9.18 Å². The first-order valence-electron chi connectivity index (χ1n) is 5.94. The van der Waals surface area contributed by atoms with Crippen LogP contribution in [0.5, 0.6) is 0 Å². The molecule has 0 spiro atoms. The molecule has 6 heteroatoms. The lowest BCUT2D eigenvalue weighted by molar-refractivity contribution is 0.0512. The van der Waals surface area contributed by atoms with Crippen LogP contribution >= 0.6 is 0 Å². The highest BCUT2D eigenvalue weighted by Crippen LogP contribution is 2.12. The fraction of sp³-hybridized carbons (Fsp3) is 0.308. The first-order chi connectivity index (χ1) is 9.10. The first-order valence-corrected chi connectivity index (χ1v) is 5.94. The zero-order valence-electron chi connectivity index (χ0n) is 10.7. The van der Waals surface area contributed by atoms with Crippen molar-refractivity contribution < 1.29 is 13.9 Å². The van der Waals surface area contributed by atoms with E-state index in [0.717, 1.165) is 5.56 Å². The molecule has 2 aromatic rings. The molecule has 0 unspecified atom stereocenters. The van der Waals surface area contributed by atoms with Crippen LogP contribution < -0.4 is 0 Å². The van der Waals surface area contributed by atoms with Crippen molar-refractivity contribution in [3.8, 4) is 0 Å². The Morgan fingerprint density at radius 1 is 1.42 bits per heavy atom. The predicted octanol–water partition coefficient (Wildman–Crippen LogP) is 2.02. The molecule has 0 amide bonds. The number of H-pyrrole nitrogens is 1. The van der Waals surface area contributed by atoms with E-state index in [4.69, 9.17) is 4.74 Å². The smallest absolute Gasteiger partial charge is 0.376 e. The highest BCUT2D eigenvalue weighted by Gasteiger charge is 2.13. The number of aromatic amines is 1. The van der Waals surface area contributed by atoms with E-state index in [2.05, 4.69) is 15.2 Å². The summed E-state index contributed by atoms with van der Waals surface area (Å²) in [5.74, 6) is -0.158. The summed E-state index contributed by atoms with van der Waals surface area (Å²) in [5, 5.41) is 7.58. The van der Waals surface area contributed by atoms with Crippen LogP contribution in [0.1, 0.15) is 34.5 Å². The van der Waals surface area contributed by atoms with E-state index in [1.165, 1.54) is 6.07 Å². The molecule has 100 valence electrons. The minimum absolute atomic E-state index is 0.0793.